The van der Waals surface area contributed by atoms with Gasteiger partial charge in [-0.1, -0.05) is 47.5 Å². The van der Waals surface area contributed by atoms with E-state index in [0.29, 0.717) is 5.56 Å². The fourth-order valence-electron chi connectivity index (χ4n) is 4.20. The van der Waals surface area contributed by atoms with Crippen LogP contribution < -0.4 is 0 Å². The van der Waals surface area contributed by atoms with Crippen LogP contribution in [-0.2, 0) is 30.6 Å². The Bertz CT molecular complexity index is 1290. The van der Waals surface area contributed by atoms with Crippen molar-refractivity contribution in [2.24, 2.45) is 0 Å². The highest BCUT2D eigenvalue weighted by Gasteiger charge is 2.60. The minimum atomic E-state index is -4.78. The smallest absolute Gasteiger partial charge is 0.432 e. The minimum absolute atomic E-state index is 0.0373. The van der Waals surface area contributed by atoms with Crippen LogP contribution >= 0.6 is 23.2 Å². The molecule has 0 saturated carbocycles. The molecule has 2 aromatic carbocycles. The Balaban J connectivity index is 1.51. The van der Waals surface area contributed by atoms with Crippen LogP contribution in [0.4, 0.5) is 17.6 Å². The van der Waals surface area contributed by atoms with Crippen LogP contribution in [0.1, 0.15) is 23.1 Å². The van der Waals surface area contributed by atoms with Crippen molar-refractivity contribution < 1.29 is 35.5 Å². The molecule has 5 nitrogen and oxygen atoms in total. The number of carbonyl (C=O) groups is 1. The number of ether oxygens (including phenoxy) is 1. The Morgan fingerprint density at radius 3 is 2.14 bits per heavy atom. The van der Waals surface area contributed by atoms with E-state index in [1.54, 1.807) is 0 Å². The Labute approximate surface area is 209 Å². The SMILES string of the molecule is CS(=O)(=O)CC(=O)N1CC(F)(c2ccc(C3=COC(c4cc(Cl)cc(Cl)c4)(C(F)(F)F)C3)cc2)C1. The van der Waals surface area contributed by atoms with Crippen molar-refractivity contribution in [2.45, 2.75) is 23.9 Å². The van der Waals surface area contributed by atoms with Crippen molar-refractivity contribution in [1.82, 2.24) is 4.90 Å². The molecule has 2 aliphatic rings. The van der Waals surface area contributed by atoms with Crippen molar-refractivity contribution in [3.05, 3.63) is 75.5 Å². The van der Waals surface area contributed by atoms with Crippen molar-refractivity contribution in [3.63, 3.8) is 0 Å². The fourth-order valence-corrected chi connectivity index (χ4v) is 5.35. The summed E-state index contributed by atoms with van der Waals surface area (Å²) < 4.78 is 85.5. The van der Waals surface area contributed by atoms with Gasteiger partial charge in [-0.25, -0.2) is 12.8 Å². The molecule has 1 amide bonds. The van der Waals surface area contributed by atoms with E-state index in [4.69, 9.17) is 27.9 Å². The Hall–Kier alpha value is -2.30. The Morgan fingerprint density at radius 1 is 1.06 bits per heavy atom. The van der Waals surface area contributed by atoms with Gasteiger partial charge in [-0.3, -0.25) is 4.79 Å². The quantitative estimate of drug-likeness (QED) is 0.475. The highest BCUT2D eigenvalue weighted by molar-refractivity contribution is 7.91. The van der Waals surface area contributed by atoms with E-state index in [2.05, 4.69) is 0 Å². The zero-order chi connectivity index (χ0) is 25.8. The molecule has 0 N–H and O–H groups in total. The predicted octanol–water partition coefficient (Wildman–Crippen LogP) is 5.26. The number of carbonyl (C=O) groups excluding carboxylic acids is 1. The second-order valence-corrected chi connectivity index (χ2v) is 11.8. The Morgan fingerprint density at radius 2 is 1.63 bits per heavy atom. The number of benzene rings is 2. The number of rotatable bonds is 5. The normalized spacial score (nSPS) is 21.8. The average Bonchev–Trinajstić information content (AvgIpc) is 3.16. The maximum absolute atomic E-state index is 15.2. The molecule has 188 valence electrons. The second-order valence-electron chi connectivity index (χ2n) is 8.78. The van der Waals surface area contributed by atoms with Crippen molar-refractivity contribution in [1.29, 1.82) is 0 Å². The summed E-state index contributed by atoms with van der Waals surface area (Å²) in [5.74, 6) is -1.38. The van der Waals surface area contributed by atoms with Gasteiger partial charge >= 0.3 is 6.18 Å². The van der Waals surface area contributed by atoms with Crippen LogP contribution in [0.5, 0.6) is 0 Å². The summed E-state index contributed by atoms with van der Waals surface area (Å²) in [6.45, 7) is -0.613. The molecule has 1 atom stereocenters. The summed E-state index contributed by atoms with van der Waals surface area (Å²) >= 11 is 11.8. The molecule has 2 aromatic rings. The van der Waals surface area contributed by atoms with Gasteiger partial charge in [0, 0.05) is 28.3 Å². The first kappa shape index (κ1) is 25.8. The van der Waals surface area contributed by atoms with E-state index in [9.17, 15) is 26.4 Å². The summed E-state index contributed by atoms with van der Waals surface area (Å²) in [4.78, 5) is 13.0. The predicted molar refractivity (Wildman–Crippen MR) is 123 cm³/mol. The minimum Gasteiger partial charge on any atom is -0.480 e. The van der Waals surface area contributed by atoms with Gasteiger partial charge in [0.1, 0.15) is 5.75 Å². The van der Waals surface area contributed by atoms with E-state index in [-0.39, 0.29) is 39.8 Å². The molecule has 0 spiro atoms. The summed E-state index contributed by atoms with van der Waals surface area (Å²) in [6, 6.07) is 9.44. The zero-order valence-electron chi connectivity index (χ0n) is 18.2. The van der Waals surface area contributed by atoms with Gasteiger partial charge in [-0.05, 0) is 34.9 Å². The standard InChI is InChI=1S/C23H19Cl2F4NO4S/c1-35(32,33)11-20(31)30-12-21(26,13-30)16-4-2-14(3-5-16)15-9-22(34-10-15,23(27,28)29)17-6-18(24)8-19(25)7-17/h2-8,10H,9,11-13H2,1H3. The van der Waals surface area contributed by atoms with Gasteiger partial charge < -0.3 is 9.64 Å². The third-order valence-corrected chi connectivity index (χ3v) is 7.23. The number of hydrogen-bond donors (Lipinski definition) is 0. The topological polar surface area (TPSA) is 63.7 Å². The molecule has 2 heterocycles. The van der Waals surface area contributed by atoms with Crippen molar-refractivity contribution in [3.8, 4) is 0 Å². The van der Waals surface area contributed by atoms with Gasteiger partial charge in [0.2, 0.25) is 11.5 Å². The number of hydrogen-bond acceptors (Lipinski definition) is 4. The van der Waals surface area contributed by atoms with Crippen molar-refractivity contribution in [2.75, 3.05) is 25.1 Å². The first-order chi connectivity index (χ1) is 16.1. The van der Waals surface area contributed by atoms with E-state index >= 15 is 4.39 Å². The van der Waals surface area contributed by atoms with Crippen molar-refractivity contribution >= 4 is 44.5 Å². The Kier molecular flexibility index (Phi) is 6.39. The molecular weight excluding hydrogens is 533 g/mol. The number of nitrogens with zero attached hydrogens (tertiary/aromatic N) is 1. The maximum atomic E-state index is 15.2. The van der Waals surface area contributed by atoms with E-state index < -0.39 is 45.4 Å². The average molecular weight is 552 g/mol. The first-order valence-corrected chi connectivity index (χ1v) is 13.1. The summed E-state index contributed by atoms with van der Waals surface area (Å²) in [6.07, 6.45) is -3.38. The molecular formula is C23H19Cl2F4NO4S. The molecule has 35 heavy (non-hydrogen) atoms. The number of likely N-dealkylation sites (tertiary alicyclic amines) is 1. The van der Waals surface area contributed by atoms with E-state index in [0.717, 1.165) is 29.6 Å². The molecule has 1 saturated heterocycles. The van der Waals surface area contributed by atoms with Gasteiger partial charge in [-0.2, -0.15) is 13.2 Å². The molecule has 0 bridgehead atoms. The number of sulfone groups is 1. The molecule has 0 radical (unpaired) electrons. The third kappa shape index (κ3) is 5.01. The summed E-state index contributed by atoms with van der Waals surface area (Å²) in [5.41, 5.74) is -3.91. The largest absolute Gasteiger partial charge is 0.480 e. The lowest BCUT2D eigenvalue weighted by Crippen LogP contribution is -2.59. The van der Waals surface area contributed by atoms with Crippen LogP contribution in [0.2, 0.25) is 10.0 Å². The molecule has 4 rings (SSSR count). The fraction of sp³-hybridized carbons (Fsp3) is 0.348. The lowest BCUT2D eigenvalue weighted by Gasteiger charge is -2.44. The van der Waals surface area contributed by atoms with E-state index in [1.807, 2.05) is 0 Å². The zero-order valence-corrected chi connectivity index (χ0v) is 20.5. The van der Waals surface area contributed by atoms with Gasteiger partial charge in [0.05, 0.1) is 19.4 Å². The van der Waals surface area contributed by atoms with Gasteiger partial charge in [0.25, 0.3) is 0 Å². The molecule has 1 unspecified atom stereocenters. The first-order valence-electron chi connectivity index (χ1n) is 10.3. The van der Waals surface area contributed by atoms with Crippen LogP contribution in [0.25, 0.3) is 5.57 Å². The van der Waals surface area contributed by atoms with E-state index in [1.165, 1.54) is 30.3 Å². The highest BCUT2D eigenvalue weighted by atomic mass is 35.5. The molecule has 2 aliphatic heterocycles. The molecule has 1 fully saturated rings. The summed E-state index contributed by atoms with van der Waals surface area (Å²) in [5, 5.41) is 0.0747. The summed E-state index contributed by atoms with van der Waals surface area (Å²) in [7, 11) is -3.53. The molecule has 0 aliphatic carbocycles. The van der Waals surface area contributed by atoms with Gasteiger partial charge in [-0.15, -0.1) is 0 Å². The van der Waals surface area contributed by atoms with Crippen LogP contribution in [0.3, 0.4) is 0 Å². The number of alkyl halides is 4. The van der Waals surface area contributed by atoms with Crippen LogP contribution in [-0.4, -0.2) is 50.5 Å². The lowest BCUT2D eigenvalue weighted by atomic mass is 9.84. The van der Waals surface area contributed by atoms with Gasteiger partial charge in [0.15, 0.2) is 15.5 Å². The molecule has 0 aromatic heterocycles. The number of amides is 1. The number of halogens is 6. The van der Waals surface area contributed by atoms with Crippen LogP contribution in [0, 0.1) is 0 Å². The molecule has 12 heteroatoms. The lowest BCUT2D eigenvalue weighted by molar-refractivity contribution is -0.260. The monoisotopic (exact) mass is 551 g/mol. The third-order valence-electron chi connectivity index (χ3n) is 6.02. The highest BCUT2D eigenvalue weighted by Crippen LogP contribution is 2.53. The van der Waals surface area contributed by atoms with Crippen LogP contribution in [0.15, 0.2) is 48.7 Å². The maximum Gasteiger partial charge on any atom is 0.432 e. The second kappa shape index (κ2) is 8.67.